The summed E-state index contributed by atoms with van der Waals surface area (Å²) in [5.74, 6) is -0.257. The summed E-state index contributed by atoms with van der Waals surface area (Å²) in [7, 11) is 4.19. The van der Waals surface area contributed by atoms with Gasteiger partial charge in [0.2, 0.25) is 0 Å². The Bertz CT molecular complexity index is 585. The number of methoxy groups -OCH3 is 3. The number of nitrogens with one attached hydrogen (secondary N) is 2. The van der Waals surface area contributed by atoms with Crippen molar-refractivity contribution in [3.8, 4) is 11.5 Å². The molecule has 0 atom stereocenters. The van der Waals surface area contributed by atoms with Crippen molar-refractivity contribution in [1.29, 1.82) is 0 Å². The van der Waals surface area contributed by atoms with Crippen LogP contribution in [0, 0.1) is 0 Å². The van der Waals surface area contributed by atoms with Crippen molar-refractivity contribution in [2.45, 2.75) is 0 Å². The van der Waals surface area contributed by atoms with Gasteiger partial charge in [-0.1, -0.05) is 0 Å². The smallest absolute Gasteiger partial charge is 0.332 e. The van der Waals surface area contributed by atoms with Crippen LogP contribution in [0.15, 0.2) is 30.0 Å². The molecule has 0 bridgehead atoms. The van der Waals surface area contributed by atoms with Gasteiger partial charge in [-0.05, 0) is 12.1 Å². The summed E-state index contributed by atoms with van der Waals surface area (Å²) >= 11 is 0. The SMILES string of the molecule is COC(=O)C=C(Nc1ccc(OC)cc1OC)C(=O)NCCO. The van der Waals surface area contributed by atoms with E-state index < -0.39 is 11.9 Å². The summed E-state index contributed by atoms with van der Waals surface area (Å²) in [4.78, 5) is 23.5. The maximum absolute atomic E-state index is 12.1. The van der Waals surface area contributed by atoms with E-state index in [1.807, 2.05) is 0 Å². The van der Waals surface area contributed by atoms with Crippen molar-refractivity contribution in [2.75, 3.05) is 39.8 Å². The molecule has 3 N–H and O–H groups in total. The predicted octanol–water partition coefficient (Wildman–Crippen LogP) is 0.281. The van der Waals surface area contributed by atoms with Gasteiger partial charge in [0.25, 0.3) is 5.91 Å². The molecule has 1 aromatic carbocycles. The van der Waals surface area contributed by atoms with E-state index in [2.05, 4.69) is 15.4 Å². The number of amides is 1. The predicted molar refractivity (Wildman–Crippen MR) is 83.4 cm³/mol. The van der Waals surface area contributed by atoms with E-state index in [1.54, 1.807) is 18.2 Å². The molecular formula is C15H20N2O6. The third-order valence-electron chi connectivity index (χ3n) is 2.78. The molecule has 0 unspecified atom stereocenters. The van der Waals surface area contributed by atoms with E-state index in [1.165, 1.54) is 21.3 Å². The van der Waals surface area contributed by atoms with Gasteiger partial charge in [0.05, 0.1) is 39.7 Å². The first-order chi connectivity index (χ1) is 11.0. The zero-order valence-electron chi connectivity index (χ0n) is 13.2. The number of hydrogen-bond donors (Lipinski definition) is 3. The summed E-state index contributed by atoms with van der Waals surface area (Å²) in [6.07, 6.45) is 1.01. The van der Waals surface area contributed by atoms with E-state index in [-0.39, 0.29) is 18.8 Å². The second-order valence-corrected chi connectivity index (χ2v) is 4.25. The molecule has 1 rings (SSSR count). The number of carbonyl (C=O) groups excluding carboxylic acids is 2. The van der Waals surface area contributed by atoms with Gasteiger partial charge >= 0.3 is 5.97 Å². The maximum atomic E-state index is 12.1. The van der Waals surface area contributed by atoms with Crippen LogP contribution >= 0.6 is 0 Å². The molecule has 8 nitrogen and oxygen atoms in total. The number of ether oxygens (including phenoxy) is 3. The first-order valence-corrected chi connectivity index (χ1v) is 6.73. The molecule has 0 heterocycles. The fourth-order valence-electron chi connectivity index (χ4n) is 1.65. The van der Waals surface area contributed by atoms with Crippen LogP contribution in [0.4, 0.5) is 5.69 Å². The van der Waals surface area contributed by atoms with Crippen LogP contribution in [0.5, 0.6) is 11.5 Å². The van der Waals surface area contributed by atoms with Crippen LogP contribution in [-0.2, 0) is 14.3 Å². The summed E-state index contributed by atoms with van der Waals surface area (Å²) in [6.45, 7) is -0.165. The molecule has 0 fully saturated rings. The highest BCUT2D eigenvalue weighted by Crippen LogP contribution is 2.30. The van der Waals surface area contributed by atoms with Crippen LogP contribution in [0.3, 0.4) is 0 Å². The van der Waals surface area contributed by atoms with Gasteiger partial charge in [0.15, 0.2) is 0 Å². The first kappa shape index (κ1) is 18.3. The Morgan fingerprint density at radius 1 is 1.22 bits per heavy atom. The topological polar surface area (TPSA) is 106 Å². The fourth-order valence-corrected chi connectivity index (χ4v) is 1.65. The third-order valence-corrected chi connectivity index (χ3v) is 2.78. The van der Waals surface area contributed by atoms with Gasteiger partial charge in [-0.25, -0.2) is 4.79 Å². The zero-order valence-corrected chi connectivity index (χ0v) is 13.2. The van der Waals surface area contributed by atoms with Crippen LogP contribution in [0.25, 0.3) is 0 Å². The Kier molecular flexibility index (Phi) is 7.41. The molecule has 8 heteroatoms. The van der Waals surface area contributed by atoms with Gasteiger partial charge < -0.3 is 30.0 Å². The molecule has 0 aliphatic carbocycles. The molecule has 0 aromatic heterocycles. The van der Waals surface area contributed by atoms with Crippen LogP contribution < -0.4 is 20.1 Å². The molecule has 1 amide bonds. The van der Waals surface area contributed by atoms with Gasteiger partial charge in [-0.15, -0.1) is 0 Å². The van der Waals surface area contributed by atoms with Gasteiger partial charge in [-0.2, -0.15) is 0 Å². The van der Waals surface area contributed by atoms with E-state index in [0.29, 0.717) is 17.2 Å². The molecule has 0 spiro atoms. The number of rotatable bonds is 8. The Hall–Kier alpha value is -2.74. The largest absolute Gasteiger partial charge is 0.497 e. The Balaban J connectivity index is 3.07. The number of aliphatic hydroxyl groups excluding tert-OH is 1. The van der Waals surface area contributed by atoms with Crippen molar-refractivity contribution < 1.29 is 28.9 Å². The molecule has 23 heavy (non-hydrogen) atoms. The number of carbonyl (C=O) groups is 2. The summed E-state index contributed by atoms with van der Waals surface area (Å²) < 4.78 is 14.8. The third kappa shape index (κ3) is 5.51. The minimum Gasteiger partial charge on any atom is -0.497 e. The lowest BCUT2D eigenvalue weighted by molar-refractivity contribution is -0.135. The molecule has 0 aliphatic heterocycles. The highest BCUT2D eigenvalue weighted by atomic mass is 16.5. The normalized spacial score (nSPS) is 10.7. The standard InChI is InChI=1S/C15H20N2O6/c1-21-10-4-5-11(13(8-10)22-2)17-12(9-14(19)23-3)15(20)16-6-7-18/h4-5,8-9,17-18H,6-7H2,1-3H3,(H,16,20). The lowest BCUT2D eigenvalue weighted by Crippen LogP contribution is -2.31. The van der Waals surface area contributed by atoms with Crippen molar-refractivity contribution in [3.05, 3.63) is 30.0 Å². The Morgan fingerprint density at radius 3 is 2.52 bits per heavy atom. The number of esters is 1. The molecule has 0 saturated heterocycles. The van der Waals surface area contributed by atoms with E-state index in [4.69, 9.17) is 14.6 Å². The average molecular weight is 324 g/mol. The lowest BCUT2D eigenvalue weighted by Gasteiger charge is -2.14. The summed E-state index contributed by atoms with van der Waals surface area (Å²) in [5, 5.41) is 14.0. The van der Waals surface area contributed by atoms with Gasteiger partial charge in [0.1, 0.15) is 17.2 Å². The second-order valence-electron chi connectivity index (χ2n) is 4.25. The minimum absolute atomic E-state index is 0.0474. The molecule has 0 radical (unpaired) electrons. The van der Waals surface area contributed by atoms with Crippen molar-refractivity contribution >= 4 is 17.6 Å². The van der Waals surface area contributed by atoms with Crippen molar-refractivity contribution in [3.63, 3.8) is 0 Å². The second kappa shape index (κ2) is 9.31. The average Bonchev–Trinajstić information content (AvgIpc) is 2.58. The van der Waals surface area contributed by atoms with E-state index >= 15 is 0 Å². The first-order valence-electron chi connectivity index (χ1n) is 6.73. The summed E-state index contributed by atoms with van der Waals surface area (Å²) in [6, 6.07) is 4.94. The quantitative estimate of drug-likeness (QED) is 0.466. The van der Waals surface area contributed by atoms with Crippen LogP contribution in [0.1, 0.15) is 0 Å². The minimum atomic E-state index is -0.695. The van der Waals surface area contributed by atoms with Crippen molar-refractivity contribution in [2.24, 2.45) is 0 Å². The maximum Gasteiger partial charge on any atom is 0.332 e. The van der Waals surface area contributed by atoms with Crippen LogP contribution in [0.2, 0.25) is 0 Å². The van der Waals surface area contributed by atoms with Crippen molar-refractivity contribution in [1.82, 2.24) is 5.32 Å². The van der Waals surface area contributed by atoms with Gasteiger partial charge in [-0.3, -0.25) is 4.79 Å². The molecular weight excluding hydrogens is 304 g/mol. The lowest BCUT2D eigenvalue weighted by atomic mass is 10.2. The highest BCUT2D eigenvalue weighted by Gasteiger charge is 2.14. The number of hydrogen-bond acceptors (Lipinski definition) is 7. The number of benzene rings is 1. The molecule has 1 aromatic rings. The molecule has 0 saturated carbocycles. The Labute approximate surface area is 134 Å². The van der Waals surface area contributed by atoms with Crippen LogP contribution in [-0.4, -0.2) is 51.5 Å². The number of anilines is 1. The molecule has 126 valence electrons. The van der Waals surface area contributed by atoms with Gasteiger partial charge in [0, 0.05) is 12.6 Å². The highest BCUT2D eigenvalue weighted by molar-refractivity contribution is 6.02. The number of aliphatic hydroxyl groups is 1. The zero-order chi connectivity index (χ0) is 17.2. The monoisotopic (exact) mass is 324 g/mol. The molecule has 0 aliphatic rings. The fraction of sp³-hybridized carbons (Fsp3) is 0.333. The summed E-state index contributed by atoms with van der Waals surface area (Å²) in [5.41, 5.74) is 0.413. The van der Waals surface area contributed by atoms with E-state index in [0.717, 1.165) is 6.08 Å². The Morgan fingerprint density at radius 2 is 1.96 bits per heavy atom. The van der Waals surface area contributed by atoms with E-state index in [9.17, 15) is 9.59 Å².